The van der Waals surface area contributed by atoms with Crippen LogP contribution in [0.15, 0.2) is 18.2 Å². The quantitative estimate of drug-likeness (QED) is 0.775. The lowest BCUT2D eigenvalue weighted by molar-refractivity contribution is -0.121. The van der Waals surface area contributed by atoms with E-state index >= 15 is 0 Å². The number of carbonyl (C=O) groups excluding carboxylic acids is 1. The molecule has 2 N–H and O–H groups in total. The number of halogens is 1. The molecule has 1 aromatic rings. The van der Waals surface area contributed by atoms with Gasteiger partial charge in [-0.25, -0.2) is 4.39 Å². The van der Waals surface area contributed by atoms with E-state index in [1.807, 2.05) is 6.07 Å². The van der Waals surface area contributed by atoms with Crippen molar-refractivity contribution in [2.24, 2.45) is 5.92 Å². The van der Waals surface area contributed by atoms with Crippen molar-refractivity contribution in [3.8, 4) is 6.07 Å². The Balaban J connectivity index is 2.14. The summed E-state index contributed by atoms with van der Waals surface area (Å²) in [5.74, 6) is -0.682. The Hall–Kier alpha value is -1.93. The van der Waals surface area contributed by atoms with Crippen LogP contribution in [0.1, 0.15) is 5.56 Å². The Morgan fingerprint density at radius 1 is 1.56 bits per heavy atom. The van der Waals surface area contributed by atoms with Crippen LogP contribution >= 0.6 is 0 Å². The second-order valence-corrected chi connectivity index (χ2v) is 3.65. The minimum Gasteiger partial charge on any atom is -0.325 e. The number of anilines is 1. The highest BCUT2D eigenvalue weighted by Gasteiger charge is 2.25. The first-order valence-corrected chi connectivity index (χ1v) is 4.92. The summed E-state index contributed by atoms with van der Waals surface area (Å²) in [6.07, 6.45) is 0. The smallest absolute Gasteiger partial charge is 0.230 e. The van der Waals surface area contributed by atoms with E-state index in [1.165, 1.54) is 12.1 Å². The number of hydrogen-bond donors (Lipinski definition) is 2. The van der Waals surface area contributed by atoms with Gasteiger partial charge in [0.2, 0.25) is 5.91 Å². The van der Waals surface area contributed by atoms with Gasteiger partial charge in [0.05, 0.1) is 17.2 Å². The van der Waals surface area contributed by atoms with Crippen LogP contribution in [-0.2, 0) is 4.79 Å². The van der Waals surface area contributed by atoms with Gasteiger partial charge < -0.3 is 10.6 Å². The predicted octanol–water partition coefficient (Wildman–Crippen LogP) is 0.855. The van der Waals surface area contributed by atoms with Gasteiger partial charge in [0, 0.05) is 13.1 Å². The highest BCUT2D eigenvalue weighted by atomic mass is 19.1. The average molecular weight is 219 g/mol. The van der Waals surface area contributed by atoms with Crippen LogP contribution in [0.2, 0.25) is 0 Å². The Morgan fingerprint density at radius 2 is 2.31 bits per heavy atom. The van der Waals surface area contributed by atoms with Gasteiger partial charge in [-0.05, 0) is 18.2 Å². The Kier molecular flexibility index (Phi) is 2.84. The number of rotatable bonds is 2. The van der Waals surface area contributed by atoms with Crippen LogP contribution in [0.5, 0.6) is 0 Å². The maximum atomic E-state index is 12.8. The summed E-state index contributed by atoms with van der Waals surface area (Å²) in [5, 5.41) is 14.4. The summed E-state index contributed by atoms with van der Waals surface area (Å²) in [6, 6.07) is 5.57. The van der Waals surface area contributed by atoms with Gasteiger partial charge in [0.15, 0.2) is 0 Å². The molecule has 1 amide bonds. The molecule has 1 aliphatic heterocycles. The molecule has 1 aromatic carbocycles. The highest BCUT2D eigenvalue weighted by molar-refractivity contribution is 5.94. The van der Waals surface area contributed by atoms with Crippen molar-refractivity contribution < 1.29 is 9.18 Å². The topological polar surface area (TPSA) is 64.9 Å². The lowest BCUT2D eigenvalue weighted by atomic mass is 10.0. The van der Waals surface area contributed by atoms with E-state index < -0.39 is 5.82 Å². The highest BCUT2D eigenvalue weighted by Crippen LogP contribution is 2.17. The Morgan fingerprint density at radius 3 is 2.88 bits per heavy atom. The molecule has 0 spiro atoms. The molecule has 16 heavy (non-hydrogen) atoms. The molecule has 0 aromatic heterocycles. The van der Waals surface area contributed by atoms with Gasteiger partial charge in [-0.3, -0.25) is 4.79 Å². The molecule has 1 heterocycles. The SMILES string of the molecule is N#Cc1cc(F)ccc1NC(=O)C1CNC1. The third-order valence-electron chi connectivity index (χ3n) is 2.51. The fraction of sp³-hybridized carbons (Fsp3) is 0.273. The summed E-state index contributed by atoms with van der Waals surface area (Å²) in [7, 11) is 0. The number of nitrogens with one attached hydrogen (secondary N) is 2. The standard InChI is InChI=1S/C11H10FN3O/c12-9-1-2-10(7(3-9)4-13)15-11(16)8-5-14-6-8/h1-3,8,14H,5-6H2,(H,15,16). The number of benzene rings is 1. The fourth-order valence-corrected chi connectivity index (χ4v) is 1.43. The molecule has 82 valence electrons. The van der Waals surface area contributed by atoms with Crippen molar-refractivity contribution in [2.75, 3.05) is 18.4 Å². The number of carbonyl (C=O) groups is 1. The van der Waals surface area contributed by atoms with Crippen LogP contribution in [0, 0.1) is 23.1 Å². The normalized spacial score (nSPS) is 15.0. The molecule has 2 rings (SSSR count). The van der Waals surface area contributed by atoms with Crippen molar-refractivity contribution in [3.05, 3.63) is 29.6 Å². The van der Waals surface area contributed by atoms with Gasteiger partial charge >= 0.3 is 0 Å². The molecular formula is C11H10FN3O. The summed E-state index contributed by atoms with van der Waals surface area (Å²) >= 11 is 0. The zero-order valence-corrected chi connectivity index (χ0v) is 8.46. The van der Waals surface area contributed by atoms with E-state index in [1.54, 1.807) is 0 Å². The molecule has 1 fully saturated rings. The first kappa shape index (κ1) is 10.6. The van der Waals surface area contributed by atoms with Gasteiger partial charge in [0.25, 0.3) is 0 Å². The molecule has 0 atom stereocenters. The average Bonchev–Trinajstić information content (AvgIpc) is 2.18. The molecular weight excluding hydrogens is 209 g/mol. The summed E-state index contributed by atoms with van der Waals surface area (Å²) in [5.41, 5.74) is 0.501. The monoisotopic (exact) mass is 219 g/mol. The van der Waals surface area contributed by atoms with Gasteiger partial charge in [-0.15, -0.1) is 0 Å². The largest absolute Gasteiger partial charge is 0.325 e. The number of nitriles is 1. The summed E-state index contributed by atoms with van der Waals surface area (Å²) < 4.78 is 12.8. The lowest BCUT2D eigenvalue weighted by Gasteiger charge is -2.25. The second-order valence-electron chi connectivity index (χ2n) is 3.65. The van der Waals surface area contributed by atoms with E-state index in [-0.39, 0.29) is 17.4 Å². The Bertz CT molecular complexity index is 463. The van der Waals surface area contributed by atoms with Crippen LogP contribution in [-0.4, -0.2) is 19.0 Å². The van der Waals surface area contributed by atoms with Crippen LogP contribution in [0.25, 0.3) is 0 Å². The van der Waals surface area contributed by atoms with Gasteiger partial charge in [0.1, 0.15) is 11.9 Å². The molecule has 4 nitrogen and oxygen atoms in total. The molecule has 0 radical (unpaired) electrons. The van der Waals surface area contributed by atoms with Crippen molar-refractivity contribution in [2.45, 2.75) is 0 Å². The molecule has 5 heteroatoms. The number of amides is 1. The molecule has 0 aliphatic carbocycles. The zero-order valence-electron chi connectivity index (χ0n) is 8.46. The molecule has 0 saturated carbocycles. The van der Waals surface area contributed by atoms with Gasteiger partial charge in [-0.2, -0.15) is 5.26 Å². The summed E-state index contributed by atoms with van der Waals surface area (Å²) in [6.45, 7) is 1.30. The Labute approximate surface area is 92.1 Å². The van der Waals surface area contributed by atoms with E-state index in [2.05, 4.69) is 10.6 Å². The van der Waals surface area contributed by atoms with Crippen LogP contribution in [0.4, 0.5) is 10.1 Å². The molecule has 1 saturated heterocycles. The van der Waals surface area contributed by atoms with Crippen molar-refractivity contribution in [1.29, 1.82) is 5.26 Å². The third-order valence-corrected chi connectivity index (χ3v) is 2.51. The summed E-state index contributed by atoms with van der Waals surface area (Å²) in [4.78, 5) is 11.6. The fourth-order valence-electron chi connectivity index (χ4n) is 1.43. The van der Waals surface area contributed by atoms with Gasteiger partial charge in [-0.1, -0.05) is 0 Å². The minimum absolute atomic E-state index is 0.0587. The first-order chi connectivity index (χ1) is 7.70. The van der Waals surface area contributed by atoms with E-state index in [9.17, 15) is 9.18 Å². The van der Waals surface area contributed by atoms with Crippen molar-refractivity contribution >= 4 is 11.6 Å². The molecule has 1 aliphatic rings. The lowest BCUT2D eigenvalue weighted by Crippen LogP contribution is -2.48. The van der Waals surface area contributed by atoms with Crippen LogP contribution < -0.4 is 10.6 Å². The minimum atomic E-state index is -0.486. The predicted molar refractivity (Wildman–Crippen MR) is 56.1 cm³/mol. The molecule has 0 unspecified atom stereocenters. The zero-order chi connectivity index (χ0) is 11.5. The number of nitrogens with zero attached hydrogens (tertiary/aromatic N) is 1. The second kappa shape index (κ2) is 4.29. The van der Waals surface area contributed by atoms with E-state index in [0.717, 1.165) is 6.07 Å². The third kappa shape index (κ3) is 2.02. The van der Waals surface area contributed by atoms with E-state index in [4.69, 9.17) is 5.26 Å². The van der Waals surface area contributed by atoms with Crippen molar-refractivity contribution in [3.63, 3.8) is 0 Å². The van der Waals surface area contributed by atoms with Crippen molar-refractivity contribution in [1.82, 2.24) is 5.32 Å². The van der Waals surface area contributed by atoms with Crippen LogP contribution in [0.3, 0.4) is 0 Å². The first-order valence-electron chi connectivity index (χ1n) is 4.92. The maximum Gasteiger partial charge on any atom is 0.230 e. The maximum absolute atomic E-state index is 12.8. The molecule has 0 bridgehead atoms. The number of hydrogen-bond acceptors (Lipinski definition) is 3. The van der Waals surface area contributed by atoms with E-state index in [0.29, 0.717) is 18.8 Å².